The van der Waals surface area contributed by atoms with Gasteiger partial charge in [-0.1, -0.05) is 43.7 Å². The van der Waals surface area contributed by atoms with Crippen molar-refractivity contribution in [1.29, 1.82) is 0 Å². The summed E-state index contributed by atoms with van der Waals surface area (Å²) in [6.07, 6.45) is 3.40. The minimum absolute atomic E-state index is 0.197. The number of unbranched alkanes of at least 4 members (excludes halogenated alkanes) is 1. The molecule has 0 aliphatic heterocycles. The Morgan fingerprint density at radius 3 is 2.64 bits per heavy atom. The van der Waals surface area contributed by atoms with Crippen LogP contribution in [0, 0.1) is 0 Å². The molecule has 0 saturated carbocycles. The maximum absolute atomic E-state index is 12.2. The Morgan fingerprint density at radius 1 is 1.16 bits per heavy atom. The van der Waals surface area contributed by atoms with E-state index in [2.05, 4.69) is 9.71 Å². The first-order valence-corrected chi connectivity index (χ1v) is 9.78. The van der Waals surface area contributed by atoms with Gasteiger partial charge in [-0.15, -0.1) is 0 Å². The van der Waals surface area contributed by atoms with E-state index < -0.39 is 10.2 Å². The van der Waals surface area contributed by atoms with E-state index in [1.54, 1.807) is 25.4 Å². The molecule has 7 heteroatoms. The molecular formula is C18H25N3O3S. The summed E-state index contributed by atoms with van der Waals surface area (Å²) >= 11 is 0. The molecule has 1 aromatic heterocycles. The SMILES string of the molecule is CCCCN(C)S(=O)(=O)NCc1ccnc(OCc2ccccc2)c1. The third-order valence-electron chi connectivity index (χ3n) is 3.72. The van der Waals surface area contributed by atoms with Crippen LogP contribution in [-0.4, -0.2) is 31.3 Å². The third-order valence-corrected chi connectivity index (χ3v) is 5.24. The fourth-order valence-corrected chi connectivity index (χ4v) is 3.10. The Hall–Kier alpha value is -1.96. The van der Waals surface area contributed by atoms with Gasteiger partial charge in [0.15, 0.2) is 0 Å². The van der Waals surface area contributed by atoms with Crippen molar-refractivity contribution < 1.29 is 13.2 Å². The van der Waals surface area contributed by atoms with Gasteiger partial charge in [-0.25, -0.2) is 4.98 Å². The number of hydrogen-bond donors (Lipinski definition) is 1. The number of ether oxygens (including phenoxy) is 1. The summed E-state index contributed by atoms with van der Waals surface area (Å²) in [5, 5.41) is 0. The van der Waals surface area contributed by atoms with Crippen LogP contribution in [0.4, 0.5) is 0 Å². The fourth-order valence-electron chi connectivity index (χ4n) is 2.16. The molecule has 6 nitrogen and oxygen atoms in total. The summed E-state index contributed by atoms with van der Waals surface area (Å²) in [6.45, 7) is 3.15. The molecule has 0 aliphatic rings. The number of benzene rings is 1. The quantitative estimate of drug-likeness (QED) is 0.704. The number of hydrogen-bond acceptors (Lipinski definition) is 4. The molecule has 0 radical (unpaired) electrons. The monoisotopic (exact) mass is 363 g/mol. The minimum Gasteiger partial charge on any atom is -0.473 e. The standard InChI is InChI=1S/C18H25N3O3S/c1-3-4-12-21(2)25(22,23)20-14-17-10-11-19-18(13-17)24-15-16-8-6-5-7-9-16/h5-11,13,20H,3-4,12,14-15H2,1-2H3. The molecule has 0 spiro atoms. The fraction of sp³-hybridized carbons (Fsp3) is 0.389. The molecule has 0 atom stereocenters. The highest BCUT2D eigenvalue weighted by Gasteiger charge is 2.16. The van der Waals surface area contributed by atoms with Crippen molar-refractivity contribution in [3.8, 4) is 5.88 Å². The molecule has 2 aromatic rings. The van der Waals surface area contributed by atoms with Crippen molar-refractivity contribution in [2.75, 3.05) is 13.6 Å². The molecule has 1 N–H and O–H groups in total. The maximum atomic E-state index is 12.2. The van der Waals surface area contributed by atoms with Crippen molar-refractivity contribution >= 4 is 10.2 Å². The second-order valence-corrected chi connectivity index (χ2v) is 7.64. The zero-order chi connectivity index (χ0) is 18.1. The molecule has 0 amide bonds. The van der Waals surface area contributed by atoms with Crippen LogP contribution in [0.3, 0.4) is 0 Å². The molecule has 2 rings (SSSR count). The van der Waals surface area contributed by atoms with Gasteiger partial charge in [-0.3, -0.25) is 0 Å². The molecule has 136 valence electrons. The first-order valence-electron chi connectivity index (χ1n) is 8.34. The van der Waals surface area contributed by atoms with E-state index in [1.807, 2.05) is 37.3 Å². The summed E-state index contributed by atoms with van der Waals surface area (Å²) in [5.74, 6) is 0.472. The van der Waals surface area contributed by atoms with Gasteiger partial charge in [0.2, 0.25) is 5.88 Å². The molecule has 0 fully saturated rings. The summed E-state index contributed by atoms with van der Waals surface area (Å²) in [5.41, 5.74) is 1.85. The van der Waals surface area contributed by atoms with Gasteiger partial charge in [0, 0.05) is 32.4 Å². The minimum atomic E-state index is -3.48. The van der Waals surface area contributed by atoms with Crippen LogP contribution in [0.25, 0.3) is 0 Å². The van der Waals surface area contributed by atoms with E-state index in [1.165, 1.54) is 4.31 Å². The predicted octanol–water partition coefficient (Wildman–Crippen LogP) is 2.73. The Balaban J connectivity index is 1.90. The van der Waals surface area contributed by atoms with Gasteiger partial charge >= 0.3 is 0 Å². The van der Waals surface area contributed by atoms with E-state index in [4.69, 9.17) is 4.74 Å². The molecule has 1 aromatic carbocycles. The first-order chi connectivity index (χ1) is 12.0. The number of nitrogens with one attached hydrogen (secondary N) is 1. The predicted molar refractivity (Wildman–Crippen MR) is 98.3 cm³/mol. The summed E-state index contributed by atoms with van der Waals surface area (Å²) in [6, 6.07) is 13.3. The Kier molecular flexibility index (Phi) is 7.36. The second kappa shape index (κ2) is 9.50. The highest BCUT2D eigenvalue weighted by Crippen LogP contribution is 2.12. The largest absolute Gasteiger partial charge is 0.473 e. The van der Waals surface area contributed by atoms with Gasteiger partial charge in [0.25, 0.3) is 10.2 Å². The molecule has 25 heavy (non-hydrogen) atoms. The lowest BCUT2D eigenvalue weighted by Crippen LogP contribution is -2.38. The highest BCUT2D eigenvalue weighted by molar-refractivity contribution is 7.87. The van der Waals surface area contributed by atoms with Gasteiger partial charge in [-0.2, -0.15) is 17.4 Å². The average Bonchev–Trinajstić information content (AvgIpc) is 2.64. The van der Waals surface area contributed by atoms with E-state index in [0.717, 1.165) is 24.0 Å². The zero-order valence-corrected chi connectivity index (χ0v) is 15.5. The van der Waals surface area contributed by atoms with E-state index in [-0.39, 0.29) is 6.54 Å². The third kappa shape index (κ3) is 6.45. The summed E-state index contributed by atoms with van der Waals surface area (Å²) in [4.78, 5) is 4.16. The van der Waals surface area contributed by atoms with Crippen LogP contribution < -0.4 is 9.46 Å². The number of rotatable bonds is 10. The molecule has 0 saturated heterocycles. The highest BCUT2D eigenvalue weighted by atomic mass is 32.2. The number of pyridine rings is 1. The molecule has 1 heterocycles. The average molecular weight is 363 g/mol. The van der Waals surface area contributed by atoms with Crippen molar-refractivity contribution in [2.45, 2.75) is 32.9 Å². The van der Waals surface area contributed by atoms with Crippen molar-refractivity contribution in [2.24, 2.45) is 0 Å². The Morgan fingerprint density at radius 2 is 1.92 bits per heavy atom. The van der Waals surface area contributed by atoms with Gasteiger partial charge in [-0.05, 0) is 23.6 Å². The summed E-state index contributed by atoms with van der Waals surface area (Å²) < 4.78 is 34.0. The van der Waals surface area contributed by atoms with Crippen LogP contribution in [0.1, 0.15) is 30.9 Å². The van der Waals surface area contributed by atoms with Crippen molar-refractivity contribution in [3.63, 3.8) is 0 Å². The van der Waals surface area contributed by atoms with Gasteiger partial charge < -0.3 is 4.74 Å². The lowest BCUT2D eigenvalue weighted by Gasteiger charge is -2.17. The van der Waals surface area contributed by atoms with Crippen molar-refractivity contribution in [1.82, 2.24) is 14.0 Å². The summed E-state index contributed by atoms with van der Waals surface area (Å²) in [7, 11) is -1.89. The smallest absolute Gasteiger partial charge is 0.279 e. The molecular weight excluding hydrogens is 338 g/mol. The lowest BCUT2D eigenvalue weighted by atomic mass is 10.2. The topological polar surface area (TPSA) is 71.5 Å². The number of aromatic nitrogens is 1. The van der Waals surface area contributed by atoms with Gasteiger partial charge in [0.05, 0.1) is 0 Å². The van der Waals surface area contributed by atoms with Crippen LogP contribution in [0.5, 0.6) is 5.88 Å². The Labute approximate surface area is 150 Å². The Bertz CT molecular complexity index is 751. The normalized spacial score (nSPS) is 11.6. The second-order valence-electron chi connectivity index (χ2n) is 5.78. The molecule has 0 bridgehead atoms. The first kappa shape index (κ1) is 19.4. The van der Waals surface area contributed by atoms with Gasteiger partial charge in [0.1, 0.15) is 6.61 Å². The van der Waals surface area contributed by atoms with E-state index >= 15 is 0 Å². The lowest BCUT2D eigenvalue weighted by molar-refractivity contribution is 0.293. The van der Waals surface area contributed by atoms with Crippen LogP contribution in [-0.2, 0) is 23.4 Å². The van der Waals surface area contributed by atoms with Crippen molar-refractivity contribution in [3.05, 3.63) is 59.8 Å². The molecule has 0 unspecified atom stereocenters. The van der Waals surface area contributed by atoms with Crippen LogP contribution >= 0.6 is 0 Å². The van der Waals surface area contributed by atoms with Crippen LogP contribution in [0.15, 0.2) is 48.7 Å². The number of nitrogens with zero attached hydrogens (tertiary/aromatic N) is 2. The molecule has 0 aliphatic carbocycles. The zero-order valence-electron chi connectivity index (χ0n) is 14.7. The van der Waals surface area contributed by atoms with E-state index in [0.29, 0.717) is 19.0 Å². The van der Waals surface area contributed by atoms with Crippen LogP contribution in [0.2, 0.25) is 0 Å². The van der Waals surface area contributed by atoms with E-state index in [9.17, 15) is 8.42 Å². The maximum Gasteiger partial charge on any atom is 0.279 e.